The Morgan fingerprint density at radius 2 is 1.56 bits per heavy atom. The largest absolute Gasteiger partial charge is 0.462 e. The minimum absolute atomic E-state index is 0.0697. The van der Waals surface area contributed by atoms with Gasteiger partial charge in [0.1, 0.15) is 0 Å². The van der Waals surface area contributed by atoms with Crippen LogP contribution in [0, 0.1) is 11.3 Å². The number of hydrogen-bond donors (Lipinski definition) is 1. The number of amides is 1. The molecule has 3 aromatic rings. The molecular formula is C28H31N3O3. The van der Waals surface area contributed by atoms with E-state index in [1.165, 1.54) is 0 Å². The highest BCUT2D eigenvalue weighted by molar-refractivity contribution is 6.02. The summed E-state index contributed by atoms with van der Waals surface area (Å²) in [4.78, 5) is 36.2. The smallest absolute Gasteiger partial charge is 0.338 e. The van der Waals surface area contributed by atoms with Gasteiger partial charge >= 0.3 is 5.97 Å². The van der Waals surface area contributed by atoms with E-state index in [-0.39, 0.29) is 28.6 Å². The highest BCUT2D eigenvalue weighted by atomic mass is 16.5. The lowest BCUT2D eigenvalue weighted by molar-refractivity contribution is -0.125. The maximum absolute atomic E-state index is 14.0. The Hall–Kier alpha value is -3.28. The number of carbonyl (C=O) groups excluding carboxylic acids is 2. The molecule has 1 amide bonds. The first-order valence-electron chi connectivity index (χ1n) is 12.0. The van der Waals surface area contributed by atoms with Crippen molar-refractivity contribution < 1.29 is 14.3 Å². The van der Waals surface area contributed by atoms with Crippen LogP contribution >= 0.6 is 0 Å². The molecule has 2 aliphatic carbocycles. The number of aromatic nitrogens is 2. The predicted octanol–water partition coefficient (Wildman–Crippen LogP) is 5.41. The van der Waals surface area contributed by atoms with Gasteiger partial charge in [0.05, 0.1) is 40.0 Å². The van der Waals surface area contributed by atoms with E-state index in [9.17, 15) is 9.59 Å². The van der Waals surface area contributed by atoms with Gasteiger partial charge in [0, 0.05) is 11.1 Å². The van der Waals surface area contributed by atoms with Crippen molar-refractivity contribution in [1.29, 1.82) is 0 Å². The van der Waals surface area contributed by atoms with E-state index in [0.717, 1.165) is 35.3 Å². The van der Waals surface area contributed by atoms with Crippen molar-refractivity contribution in [1.82, 2.24) is 9.97 Å². The molecule has 5 rings (SSSR count). The van der Waals surface area contributed by atoms with Crippen molar-refractivity contribution in [3.8, 4) is 0 Å². The average Bonchev–Trinajstić information content (AvgIpc) is 3.11. The summed E-state index contributed by atoms with van der Waals surface area (Å²) >= 11 is 0. The molecule has 1 heterocycles. The van der Waals surface area contributed by atoms with Gasteiger partial charge in [0.25, 0.3) is 0 Å². The molecule has 176 valence electrons. The number of hydrogen-bond acceptors (Lipinski definition) is 5. The topological polar surface area (TPSA) is 81.2 Å². The molecule has 34 heavy (non-hydrogen) atoms. The van der Waals surface area contributed by atoms with Crippen LogP contribution < -0.4 is 5.32 Å². The summed E-state index contributed by atoms with van der Waals surface area (Å²) in [6.45, 7) is 10.9. The Morgan fingerprint density at radius 1 is 0.941 bits per heavy atom. The fourth-order valence-corrected chi connectivity index (χ4v) is 5.80. The van der Waals surface area contributed by atoms with Crippen molar-refractivity contribution in [2.75, 3.05) is 11.9 Å². The lowest BCUT2D eigenvalue weighted by Gasteiger charge is -2.39. The van der Waals surface area contributed by atoms with Crippen LogP contribution in [0.15, 0.2) is 48.5 Å². The summed E-state index contributed by atoms with van der Waals surface area (Å²) in [5.41, 5.74) is 3.16. The third-order valence-corrected chi connectivity index (χ3v) is 8.26. The van der Waals surface area contributed by atoms with E-state index in [0.29, 0.717) is 17.9 Å². The first-order valence-corrected chi connectivity index (χ1v) is 12.0. The molecule has 1 fully saturated rings. The van der Waals surface area contributed by atoms with E-state index in [1.54, 1.807) is 24.3 Å². The molecule has 2 atom stereocenters. The Labute approximate surface area is 200 Å². The van der Waals surface area contributed by atoms with Gasteiger partial charge in [-0.2, -0.15) is 0 Å². The molecule has 1 N–H and O–H groups in total. The van der Waals surface area contributed by atoms with Gasteiger partial charge in [0.2, 0.25) is 5.91 Å². The number of anilines is 1. The molecule has 1 saturated carbocycles. The second-order valence-corrected chi connectivity index (χ2v) is 10.8. The molecule has 1 aromatic heterocycles. The molecule has 2 bridgehead atoms. The Kier molecular flexibility index (Phi) is 5.04. The second kappa shape index (κ2) is 7.62. The minimum atomic E-state index is -0.775. The number of nitrogens with one attached hydrogen (secondary N) is 1. The van der Waals surface area contributed by atoms with Crippen molar-refractivity contribution in [3.05, 3.63) is 65.5 Å². The number of nitrogens with zero attached hydrogens (tertiary/aromatic N) is 2. The molecule has 0 saturated heterocycles. The maximum Gasteiger partial charge on any atom is 0.338 e. The van der Waals surface area contributed by atoms with E-state index >= 15 is 0 Å². The summed E-state index contributed by atoms with van der Waals surface area (Å²) in [5, 5.41) is 3.12. The molecule has 6 nitrogen and oxygen atoms in total. The van der Waals surface area contributed by atoms with Crippen LogP contribution in [0.4, 0.5) is 5.69 Å². The monoisotopic (exact) mass is 457 g/mol. The van der Waals surface area contributed by atoms with Crippen LogP contribution in [0.2, 0.25) is 0 Å². The standard InChI is InChI=1S/C28H31N3O3/c1-17(2)16-34-24(32)18-10-12-19(13-11-18)29-25(33)28-15-14-27(5,26(28,3)4)22-23(28)31-21-9-7-6-8-20(21)30-22/h6-13,17H,14-16H2,1-5H3,(H,29,33)/t27-,28-/m0/s1. The van der Waals surface area contributed by atoms with Gasteiger partial charge < -0.3 is 10.1 Å². The number of ether oxygens (including phenoxy) is 1. The number of para-hydroxylation sites is 2. The summed E-state index contributed by atoms with van der Waals surface area (Å²) in [6, 6.07) is 14.7. The average molecular weight is 458 g/mol. The number of esters is 1. The molecule has 2 aliphatic rings. The SMILES string of the molecule is CC(C)COC(=O)c1ccc(NC(=O)[C@]23CC[C@@](C)(c4nc5ccccc5nc42)C3(C)C)cc1. The summed E-state index contributed by atoms with van der Waals surface area (Å²) in [7, 11) is 0. The highest BCUT2D eigenvalue weighted by Gasteiger charge is 2.73. The molecule has 2 aromatic carbocycles. The predicted molar refractivity (Wildman–Crippen MR) is 132 cm³/mol. The highest BCUT2D eigenvalue weighted by Crippen LogP contribution is 2.70. The first kappa shape index (κ1) is 22.5. The van der Waals surface area contributed by atoms with Crippen molar-refractivity contribution in [2.45, 2.75) is 58.3 Å². The molecule has 0 spiro atoms. The van der Waals surface area contributed by atoms with E-state index in [1.807, 2.05) is 38.1 Å². The molecule has 0 radical (unpaired) electrons. The summed E-state index contributed by atoms with van der Waals surface area (Å²) < 4.78 is 5.30. The van der Waals surface area contributed by atoms with Crippen LogP contribution in [0.1, 0.15) is 69.2 Å². The zero-order valence-corrected chi connectivity index (χ0v) is 20.4. The first-order chi connectivity index (χ1) is 16.1. The van der Waals surface area contributed by atoms with Gasteiger partial charge in [-0.1, -0.05) is 46.8 Å². The number of fused-ring (bicyclic) bond motifs is 6. The van der Waals surface area contributed by atoms with E-state index in [4.69, 9.17) is 14.7 Å². The van der Waals surface area contributed by atoms with Crippen LogP contribution in [-0.2, 0) is 20.4 Å². The molecule has 0 unspecified atom stereocenters. The van der Waals surface area contributed by atoms with Crippen LogP contribution in [0.25, 0.3) is 11.0 Å². The number of rotatable bonds is 5. The zero-order chi connectivity index (χ0) is 24.3. The summed E-state index contributed by atoms with van der Waals surface area (Å²) in [6.07, 6.45) is 1.61. The van der Waals surface area contributed by atoms with Gasteiger partial charge in [0.15, 0.2) is 0 Å². The Bertz CT molecular complexity index is 1300. The van der Waals surface area contributed by atoms with Crippen molar-refractivity contribution >= 4 is 28.6 Å². The van der Waals surface area contributed by atoms with Gasteiger partial charge in [-0.3, -0.25) is 4.79 Å². The van der Waals surface area contributed by atoms with E-state index in [2.05, 4.69) is 26.1 Å². The molecular weight excluding hydrogens is 426 g/mol. The lowest BCUT2D eigenvalue weighted by atomic mass is 9.63. The van der Waals surface area contributed by atoms with Crippen LogP contribution in [-0.4, -0.2) is 28.5 Å². The van der Waals surface area contributed by atoms with Crippen LogP contribution in [0.5, 0.6) is 0 Å². The Morgan fingerprint density at radius 3 is 2.18 bits per heavy atom. The fraction of sp³-hybridized carbons (Fsp3) is 0.429. The third kappa shape index (κ3) is 3.00. The lowest BCUT2D eigenvalue weighted by Crippen LogP contribution is -2.48. The van der Waals surface area contributed by atoms with Crippen molar-refractivity contribution in [2.24, 2.45) is 11.3 Å². The zero-order valence-electron chi connectivity index (χ0n) is 20.4. The van der Waals surface area contributed by atoms with Crippen LogP contribution in [0.3, 0.4) is 0 Å². The summed E-state index contributed by atoms with van der Waals surface area (Å²) in [5.74, 6) is -0.152. The Balaban J connectivity index is 1.47. The van der Waals surface area contributed by atoms with Gasteiger partial charge in [-0.25, -0.2) is 14.8 Å². The quantitative estimate of drug-likeness (QED) is 0.518. The minimum Gasteiger partial charge on any atom is -0.462 e. The molecule has 6 heteroatoms. The second-order valence-electron chi connectivity index (χ2n) is 10.8. The fourth-order valence-electron chi connectivity index (χ4n) is 5.80. The molecule has 0 aliphatic heterocycles. The van der Waals surface area contributed by atoms with E-state index < -0.39 is 5.41 Å². The van der Waals surface area contributed by atoms with Gasteiger partial charge in [-0.05, 0) is 60.6 Å². The number of carbonyl (C=O) groups is 2. The maximum atomic E-state index is 14.0. The number of benzene rings is 2. The van der Waals surface area contributed by atoms with Gasteiger partial charge in [-0.15, -0.1) is 0 Å². The van der Waals surface area contributed by atoms with Crippen molar-refractivity contribution in [3.63, 3.8) is 0 Å². The third-order valence-electron chi connectivity index (χ3n) is 8.26. The normalized spacial score (nSPS) is 24.3.